The van der Waals surface area contributed by atoms with E-state index in [-0.39, 0.29) is 17.7 Å². The molecule has 20 heavy (non-hydrogen) atoms. The first-order valence-electron chi connectivity index (χ1n) is 7.10. The van der Waals surface area contributed by atoms with Crippen molar-refractivity contribution in [3.63, 3.8) is 0 Å². The summed E-state index contributed by atoms with van der Waals surface area (Å²) in [5.41, 5.74) is 7.19. The molecule has 1 aliphatic carbocycles. The lowest BCUT2D eigenvalue weighted by molar-refractivity contribution is -0.119. The van der Waals surface area contributed by atoms with Crippen LogP contribution in [0.3, 0.4) is 0 Å². The Hall–Kier alpha value is -1.36. The van der Waals surface area contributed by atoms with E-state index in [4.69, 9.17) is 5.73 Å². The number of nitrogens with two attached hydrogens (primary N) is 1. The number of hydrogen-bond acceptors (Lipinski definition) is 3. The van der Waals surface area contributed by atoms with Crippen molar-refractivity contribution in [1.29, 1.82) is 0 Å². The fourth-order valence-electron chi connectivity index (χ4n) is 2.64. The van der Waals surface area contributed by atoms with Crippen LogP contribution in [0.15, 0.2) is 23.1 Å². The summed E-state index contributed by atoms with van der Waals surface area (Å²) in [5, 5.41) is 2.99. The molecule has 0 aromatic heterocycles. The summed E-state index contributed by atoms with van der Waals surface area (Å²) >= 11 is 0. The minimum Gasteiger partial charge on any atom is -0.399 e. The average Bonchev–Trinajstić information content (AvgIpc) is 2.39. The number of carbonyl (C=O) groups is 1. The van der Waals surface area contributed by atoms with E-state index in [1.165, 1.54) is 19.3 Å². The largest absolute Gasteiger partial charge is 0.399 e. The number of amides is 1. The van der Waals surface area contributed by atoms with Gasteiger partial charge in [0.25, 0.3) is 0 Å². The van der Waals surface area contributed by atoms with Crippen LogP contribution < -0.4 is 11.1 Å². The molecule has 2 rings (SSSR count). The van der Waals surface area contributed by atoms with Gasteiger partial charge in [-0.05, 0) is 43.5 Å². The van der Waals surface area contributed by atoms with Gasteiger partial charge >= 0.3 is 0 Å². The molecule has 3 N–H and O–H groups in total. The number of rotatable bonds is 4. The fourth-order valence-corrected chi connectivity index (χ4v) is 3.76. The zero-order valence-electron chi connectivity index (χ0n) is 11.9. The molecule has 1 unspecified atom stereocenters. The van der Waals surface area contributed by atoms with Crippen LogP contribution in [0.2, 0.25) is 0 Å². The summed E-state index contributed by atoms with van der Waals surface area (Å²) in [6.45, 7) is 1.86. The molecule has 0 saturated heterocycles. The summed E-state index contributed by atoms with van der Waals surface area (Å²) in [6.07, 6.45) is 5.68. The number of aryl methyl sites for hydroxylation is 1. The van der Waals surface area contributed by atoms with Crippen molar-refractivity contribution in [2.45, 2.75) is 50.0 Å². The van der Waals surface area contributed by atoms with Gasteiger partial charge in [0.2, 0.25) is 5.91 Å². The van der Waals surface area contributed by atoms with E-state index in [1.807, 2.05) is 6.92 Å². The van der Waals surface area contributed by atoms with E-state index in [1.54, 1.807) is 18.2 Å². The molecule has 4 nitrogen and oxygen atoms in total. The van der Waals surface area contributed by atoms with E-state index in [0.717, 1.165) is 18.4 Å². The van der Waals surface area contributed by atoms with E-state index in [2.05, 4.69) is 5.32 Å². The van der Waals surface area contributed by atoms with Gasteiger partial charge in [0, 0.05) is 16.6 Å². The Kier molecular flexibility index (Phi) is 5.17. The quantitative estimate of drug-likeness (QED) is 0.836. The van der Waals surface area contributed by atoms with E-state index in [9.17, 15) is 9.00 Å². The molecule has 1 amide bonds. The second-order valence-electron chi connectivity index (χ2n) is 5.42. The first kappa shape index (κ1) is 15.0. The Morgan fingerprint density at radius 3 is 2.70 bits per heavy atom. The summed E-state index contributed by atoms with van der Waals surface area (Å²) in [6, 6.07) is 5.51. The minimum absolute atomic E-state index is 0.0290. The second-order valence-corrected chi connectivity index (χ2v) is 6.84. The van der Waals surface area contributed by atoms with Crippen molar-refractivity contribution < 1.29 is 9.00 Å². The highest BCUT2D eigenvalue weighted by molar-refractivity contribution is 7.85. The minimum atomic E-state index is -1.31. The Bertz CT molecular complexity index is 511. The molecule has 1 atom stereocenters. The average molecular weight is 294 g/mol. The summed E-state index contributed by atoms with van der Waals surface area (Å²) in [4.78, 5) is 12.6. The molecule has 110 valence electrons. The van der Waals surface area contributed by atoms with E-state index < -0.39 is 10.8 Å². The van der Waals surface area contributed by atoms with Crippen molar-refractivity contribution in [3.05, 3.63) is 23.8 Å². The lowest BCUT2D eigenvalue weighted by atomic mass is 9.95. The van der Waals surface area contributed by atoms with Gasteiger partial charge in [-0.15, -0.1) is 0 Å². The SMILES string of the molecule is Cc1cc(N)ccc1S(=O)CC(=O)NC1CCCCC1. The zero-order valence-corrected chi connectivity index (χ0v) is 12.7. The van der Waals surface area contributed by atoms with Crippen molar-refractivity contribution >= 4 is 22.4 Å². The van der Waals surface area contributed by atoms with Gasteiger partial charge < -0.3 is 11.1 Å². The number of carbonyl (C=O) groups excluding carboxylic acids is 1. The number of nitrogen functional groups attached to an aromatic ring is 1. The molecular weight excluding hydrogens is 272 g/mol. The van der Waals surface area contributed by atoms with Crippen LogP contribution in [0, 0.1) is 6.92 Å². The Balaban J connectivity index is 1.91. The van der Waals surface area contributed by atoms with Crippen LogP contribution >= 0.6 is 0 Å². The van der Waals surface area contributed by atoms with Gasteiger partial charge in [-0.1, -0.05) is 19.3 Å². The Labute approximate surface area is 122 Å². The van der Waals surface area contributed by atoms with Gasteiger partial charge in [-0.2, -0.15) is 0 Å². The first-order chi connectivity index (χ1) is 9.56. The van der Waals surface area contributed by atoms with Crippen molar-refractivity contribution in [3.8, 4) is 0 Å². The maximum absolute atomic E-state index is 12.2. The highest BCUT2D eigenvalue weighted by atomic mass is 32.2. The summed E-state index contributed by atoms with van der Waals surface area (Å²) < 4.78 is 12.2. The van der Waals surface area contributed by atoms with Crippen molar-refractivity contribution in [2.75, 3.05) is 11.5 Å². The molecule has 1 saturated carbocycles. The molecule has 1 aromatic rings. The molecule has 0 heterocycles. The number of benzene rings is 1. The summed E-state index contributed by atoms with van der Waals surface area (Å²) in [5.74, 6) is -0.0900. The van der Waals surface area contributed by atoms with Crippen LogP contribution in [-0.4, -0.2) is 21.9 Å². The third-order valence-corrected chi connectivity index (χ3v) is 5.15. The van der Waals surface area contributed by atoms with Crippen LogP contribution in [-0.2, 0) is 15.6 Å². The monoisotopic (exact) mass is 294 g/mol. The second kappa shape index (κ2) is 6.88. The molecule has 0 aliphatic heterocycles. The molecular formula is C15H22N2O2S. The predicted molar refractivity (Wildman–Crippen MR) is 81.9 cm³/mol. The molecule has 1 aromatic carbocycles. The molecule has 0 bridgehead atoms. The Morgan fingerprint density at radius 1 is 1.35 bits per heavy atom. The standard InChI is InChI=1S/C15H22N2O2S/c1-11-9-12(16)7-8-14(11)20(19)10-15(18)17-13-5-3-2-4-6-13/h7-9,13H,2-6,10,16H2,1H3,(H,17,18). The first-order valence-corrected chi connectivity index (χ1v) is 8.42. The van der Waals surface area contributed by atoms with Gasteiger partial charge in [0.15, 0.2) is 0 Å². The van der Waals surface area contributed by atoms with E-state index in [0.29, 0.717) is 10.6 Å². The van der Waals surface area contributed by atoms with Crippen LogP contribution in [0.4, 0.5) is 5.69 Å². The fraction of sp³-hybridized carbons (Fsp3) is 0.533. The van der Waals surface area contributed by atoms with Crippen molar-refractivity contribution in [2.24, 2.45) is 0 Å². The van der Waals surface area contributed by atoms with Crippen LogP contribution in [0.1, 0.15) is 37.7 Å². The zero-order chi connectivity index (χ0) is 14.5. The predicted octanol–water partition coefficient (Wildman–Crippen LogP) is 2.13. The number of hydrogen-bond donors (Lipinski definition) is 2. The molecule has 1 aliphatic rings. The Morgan fingerprint density at radius 2 is 2.05 bits per heavy atom. The van der Waals surface area contributed by atoms with Gasteiger partial charge in [0.1, 0.15) is 5.75 Å². The normalized spacial score (nSPS) is 17.6. The molecule has 5 heteroatoms. The maximum atomic E-state index is 12.2. The highest BCUT2D eigenvalue weighted by Crippen LogP contribution is 2.18. The summed E-state index contributed by atoms with van der Waals surface area (Å²) in [7, 11) is -1.31. The van der Waals surface area contributed by atoms with Gasteiger partial charge in [-0.25, -0.2) is 0 Å². The maximum Gasteiger partial charge on any atom is 0.233 e. The molecule has 0 spiro atoms. The van der Waals surface area contributed by atoms with Crippen LogP contribution in [0.25, 0.3) is 0 Å². The topological polar surface area (TPSA) is 72.2 Å². The molecule has 0 radical (unpaired) electrons. The van der Waals surface area contributed by atoms with Crippen LogP contribution in [0.5, 0.6) is 0 Å². The van der Waals surface area contributed by atoms with Gasteiger partial charge in [-0.3, -0.25) is 9.00 Å². The number of nitrogens with one attached hydrogen (secondary N) is 1. The third-order valence-electron chi connectivity index (χ3n) is 3.68. The number of anilines is 1. The highest BCUT2D eigenvalue weighted by Gasteiger charge is 2.18. The van der Waals surface area contributed by atoms with Gasteiger partial charge in [0.05, 0.1) is 10.8 Å². The lowest BCUT2D eigenvalue weighted by Gasteiger charge is -2.22. The van der Waals surface area contributed by atoms with E-state index >= 15 is 0 Å². The van der Waals surface area contributed by atoms with Crippen molar-refractivity contribution in [1.82, 2.24) is 5.32 Å². The third kappa shape index (κ3) is 4.07. The lowest BCUT2D eigenvalue weighted by Crippen LogP contribution is -2.38. The smallest absolute Gasteiger partial charge is 0.233 e. The molecule has 1 fully saturated rings.